The number of nitrogens with one attached hydrogen (secondary N) is 1. The molecule has 3 rings (SSSR count). The van der Waals surface area contributed by atoms with E-state index in [0.29, 0.717) is 21.8 Å². The lowest BCUT2D eigenvalue weighted by Gasteiger charge is -2.44. The lowest BCUT2D eigenvalue weighted by molar-refractivity contribution is -0.117. The summed E-state index contributed by atoms with van der Waals surface area (Å²) in [5, 5.41) is 3.80. The Morgan fingerprint density at radius 1 is 1.40 bits per heavy atom. The van der Waals surface area contributed by atoms with E-state index in [9.17, 15) is 4.79 Å². The van der Waals surface area contributed by atoms with Crippen LogP contribution in [0, 0.1) is 6.92 Å². The van der Waals surface area contributed by atoms with Gasteiger partial charge in [-0.25, -0.2) is 9.97 Å². The van der Waals surface area contributed by atoms with Gasteiger partial charge in [-0.15, -0.1) is 0 Å². The third kappa shape index (κ3) is 4.21. The highest BCUT2D eigenvalue weighted by molar-refractivity contribution is 6.35. The SMILES string of the molecule is Cc1cncnc1N1CC(N(C)CC(=O)Nc2cc(Cl)ccc2Cl)C1. The Morgan fingerprint density at radius 3 is 2.88 bits per heavy atom. The third-order valence-electron chi connectivity index (χ3n) is 4.25. The maximum Gasteiger partial charge on any atom is 0.238 e. The van der Waals surface area contributed by atoms with Gasteiger partial charge >= 0.3 is 0 Å². The summed E-state index contributed by atoms with van der Waals surface area (Å²) in [5.41, 5.74) is 1.58. The molecular weight excluding hydrogens is 361 g/mol. The number of halogens is 2. The molecule has 1 aromatic heterocycles. The molecule has 1 fully saturated rings. The summed E-state index contributed by atoms with van der Waals surface area (Å²) in [4.78, 5) is 24.8. The molecule has 0 spiro atoms. The van der Waals surface area contributed by atoms with E-state index in [2.05, 4.69) is 20.2 Å². The van der Waals surface area contributed by atoms with Crippen molar-refractivity contribution in [3.8, 4) is 0 Å². The normalized spacial score (nSPS) is 14.5. The molecule has 0 saturated carbocycles. The number of nitrogens with zero attached hydrogens (tertiary/aromatic N) is 4. The quantitative estimate of drug-likeness (QED) is 0.865. The fourth-order valence-electron chi connectivity index (χ4n) is 2.77. The number of aryl methyl sites for hydroxylation is 1. The van der Waals surface area contributed by atoms with Gasteiger partial charge in [0.05, 0.1) is 17.3 Å². The van der Waals surface area contributed by atoms with Crippen molar-refractivity contribution in [1.82, 2.24) is 14.9 Å². The van der Waals surface area contributed by atoms with E-state index < -0.39 is 0 Å². The van der Waals surface area contributed by atoms with E-state index in [-0.39, 0.29) is 12.5 Å². The molecule has 0 unspecified atom stereocenters. The highest BCUT2D eigenvalue weighted by atomic mass is 35.5. The number of rotatable bonds is 5. The van der Waals surface area contributed by atoms with E-state index in [1.807, 2.05) is 25.1 Å². The molecule has 1 amide bonds. The predicted octanol–water partition coefficient (Wildman–Crippen LogP) is 2.85. The fraction of sp³-hybridized carbons (Fsp3) is 0.353. The summed E-state index contributed by atoms with van der Waals surface area (Å²) in [6, 6.07) is 5.29. The highest BCUT2D eigenvalue weighted by Gasteiger charge is 2.32. The number of carbonyl (C=O) groups is 1. The van der Waals surface area contributed by atoms with Gasteiger partial charge in [0, 0.05) is 35.9 Å². The van der Waals surface area contributed by atoms with E-state index in [1.165, 1.54) is 0 Å². The second kappa shape index (κ2) is 7.56. The summed E-state index contributed by atoms with van der Waals surface area (Å²) in [6.07, 6.45) is 3.36. The zero-order valence-corrected chi connectivity index (χ0v) is 15.6. The van der Waals surface area contributed by atoms with E-state index in [0.717, 1.165) is 24.5 Å². The van der Waals surface area contributed by atoms with Crippen molar-refractivity contribution in [3.63, 3.8) is 0 Å². The molecule has 0 aliphatic carbocycles. The van der Waals surface area contributed by atoms with Gasteiger partial charge in [0.25, 0.3) is 0 Å². The van der Waals surface area contributed by atoms with Gasteiger partial charge in [-0.3, -0.25) is 9.69 Å². The summed E-state index contributed by atoms with van der Waals surface area (Å²) in [7, 11) is 1.94. The first-order chi connectivity index (χ1) is 11.9. The Balaban J connectivity index is 1.52. The lowest BCUT2D eigenvalue weighted by Crippen LogP contribution is -2.60. The van der Waals surface area contributed by atoms with Crippen LogP contribution in [0.2, 0.25) is 10.0 Å². The summed E-state index contributed by atoms with van der Waals surface area (Å²) < 4.78 is 0. The molecule has 132 valence electrons. The van der Waals surface area contributed by atoms with Crippen molar-refractivity contribution < 1.29 is 4.79 Å². The number of aromatic nitrogens is 2. The number of amides is 1. The molecule has 1 N–H and O–H groups in total. The average Bonchev–Trinajstić information content (AvgIpc) is 2.51. The average molecular weight is 380 g/mol. The lowest BCUT2D eigenvalue weighted by atomic mass is 10.1. The fourth-order valence-corrected chi connectivity index (χ4v) is 3.11. The Bertz CT molecular complexity index is 779. The van der Waals surface area contributed by atoms with Gasteiger partial charge in [0.15, 0.2) is 0 Å². The minimum Gasteiger partial charge on any atom is -0.353 e. The minimum atomic E-state index is -0.122. The molecule has 25 heavy (non-hydrogen) atoms. The molecule has 6 nitrogen and oxygen atoms in total. The Kier molecular flexibility index (Phi) is 5.42. The number of carbonyl (C=O) groups excluding carboxylic acids is 1. The molecule has 2 heterocycles. The van der Waals surface area contributed by atoms with Gasteiger partial charge in [-0.05, 0) is 32.2 Å². The second-order valence-electron chi connectivity index (χ2n) is 6.18. The third-order valence-corrected chi connectivity index (χ3v) is 4.81. The van der Waals surface area contributed by atoms with Crippen molar-refractivity contribution in [1.29, 1.82) is 0 Å². The first-order valence-corrected chi connectivity index (χ1v) is 8.66. The summed E-state index contributed by atoms with van der Waals surface area (Å²) >= 11 is 12.0. The maximum absolute atomic E-state index is 12.2. The molecule has 0 radical (unpaired) electrons. The zero-order valence-electron chi connectivity index (χ0n) is 14.0. The van der Waals surface area contributed by atoms with Crippen LogP contribution in [0.4, 0.5) is 11.5 Å². The highest BCUT2D eigenvalue weighted by Crippen LogP contribution is 2.26. The smallest absolute Gasteiger partial charge is 0.238 e. The van der Waals surface area contributed by atoms with Crippen LogP contribution >= 0.6 is 23.2 Å². The number of anilines is 2. The molecule has 1 aromatic carbocycles. The topological polar surface area (TPSA) is 61.4 Å². The van der Waals surface area contributed by atoms with Crippen LogP contribution in [0.25, 0.3) is 0 Å². The maximum atomic E-state index is 12.2. The van der Waals surface area contributed by atoms with Crippen molar-refractivity contribution in [3.05, 3.63) is 46.3 Å². The molecule has 1 aliphatic rings. The van der Waals surface area contributed by atoms with Crippen molar-refractivity contribution in [2.45, 2.75) is 13.0 Å². The van der Waals surface area contributed by atoms with E-state index >= 15 is 0 Å². The van der Waals surface area contributed by atoms with Crippen molar-refractivity contribution in [2.75, 3.05) is 36.9 Å². The molecule has 1 saturated heterocycles. The van der Waals surface area contributed by atoms with Crippen LogP contribution in [-0.4, -0.2) is 53.5 Å². The Morgan fingerprint density at radius 2 is 2.16 bits per heavy atom. The van der Waals surface area contributed by atoms with Crippen LogP contribution in [-0.2, 0) is 4.79 Å². The first-order valence-electron chi connectivity index (χ1n) is 7.90. The molecule has 0 bridgehead atoms. The Hall–Kier alpha value is -1.89. The number of benzene rings is 1. The molecular formula is C17H19Cl2N5O. The van der Waals surface area contributed by atoms with Gasteiger partial charge in [-0.1, -0.05) is 23.2 Å². The second-order valence-corrected chi connectivity index (χ2v) is 7.02. The van der Waals surface area contributed by atoms with Gasteiger partial charge in [-0.2, -0.15) is 0 Å². The summed E-state index contributed by atoms with van der Waals surface area (Å²) in [5.74, 6) is 0.832. The standard InChI is InChI=1S/C17H19Cl2N5O/c1-11-6-20-10-21-17(11)24-7-13(8-24)23(2)9-16(25)22-15-5-12(18)3-4-14(15)19/h3-6,10,13H,7-9H2,1-2H3,(H,22,25). The van der Waals surface area contributed by atoms with Crippen molar-refractivity contribution in [2.24, 2.45) is 0 Å². The predicted molar refractivity (Wildman–Crippen MR) is 100 cm³/mol. The van der Waals surface area contributed by atoms with Crippen LogP contribution in [0.1, 0.15) is 5.56 Å². The largest absolute Gasteiger partial charge is 0.353 e. The first kappa shape index (κ1) is 17.9. The van der Waals surface area contributed by atoms with Crippen LogP contribution in [0.5, 0.6) is 0 Å². The molecule has 1 aliphatic heterocycles. The Labute approximate surface area is 156 Å². The van der Waals surface area contributed by atoms with E-state index in [4.69, 9.17) is 23.2 Å². The monoisotopic (exact) mass is 379 g/mol. The summed E-state index contributed by atoms with van der Waals surface area (Å²) in [6.45, 7) is 3.94. The van der Waals surface area contributed by atoms with E-state index in [1.54, 1.807) is 24.5 Å². The number of hydrogen-bond donors (Lipinski definition) is 1. The van der Waals surface area contributed by atoms with Crippen LogP contribution in [0.15, 0.2) is 30.7 Å². The van der Waals surface area contributed by atoms with Gasteiger partial charge in [0.1, 0.15) is 12.1 Å². The van der Waals surface area contributed by atoms with Gasteiger partial charge in [0.2, 0.25) is 5.91 Å². The number of likely N-dealkylation sites (N-methyl/N-ethyl adjacent to an activating group) is 1. The van der Waals surface area contributed by atoms with Gasteiger partial charge < -0.3 is 10.2 Å². The molecule has 0 atom stereocenters. The van der Waals surface area contributed by atoms with Crippen LogP contribution < -0.4 is 10.2 Å². The minimum absolute atomic E-state index is 0.122. The van der Waals surface area contributed by atoms with Crippen molar-refractivity contribution >= 4 is 40.6 Å². The molecule has 8 heteroatoms. The van der Waals surface area contributed by atoms with Crippen LogP contribution in [0.3, 0.4) is 0 Å². The zero-order chi connectivity index (χ0) is 18.0. The molecule has 2 aromatic rings. The number of hydrogen-bond acceptors (Lipinski definition) is 5.